The number of aliphatic hydroxyl groups is 1. The van der Waals surface area contributed by atoms with Crippen LogP contribution in [0.2, 0.25) is 0 Å². The number of esters is 1. The molecule has 242 valence electrons. The summed E-state index contributed by atoms with van der Waals surface area (Å²) in [7, 11) is 0. The normalized spacial score (nSPS) is 16.6. The molecule has 2 fully saturated rings. The molecule has 3 amide bonds. The topological polar surface area (TPSA) is 117 Å². The van der Waals surface area contributed by atoms with E-state index in [2.05, 4.69) is 13.2 Å². The van der Waals surface area contributed by atoms with Crippen molar-refractivity contribution in [1.29, 1.82) is 0 Å². The number of aliphatic hydroxyl groups excluding tert-OH is 1. The van der Waals surface area contributed by atoms with Crippen LogP contribution in [0.3, 0.4) is 0 Å². The van der Waals surface area contributed by atoms with E-state index in [-0.39, 0.29) is 56.9 Å². The second-order valence-electron chi connectivity index (χ2n) is 11.7. The fourth-order valence-electron chi connectivity index (χ4n) is 5.70. The molecule has 2 saturated heterocycles. The minimum absolute atomic E-state index is 0.0398. The van der Waals surface area contributed by atoms with Gasteiger partial charge in [-0.2, -0.15) is 0 Å². The zero-order chi connectivity index (χ0) is 31.9. The number of carbonyl (C=O) groups excluding carboxylic acids is 4. The van der Waals surface area contributed by atoms with Crippen LogP contribution in [0, 0.1) is 11.8 Å². The van der Waals surface area contributed by atoms with Gasteiger partial charge in [-0.1, -0.05) is 24.3 Å². The van der Waals surface area contributed by atoms with Gasteiger partial charge >= 0.3 is 5.97 Å². The number of benzene rings is 1. The molecular weight excluding hydrogens is 562 g/mol. The molecule has 1 aromatic carbocycles. The second-order valence-corrected chi connectivity index (χ2v) is 11.7. The van der Waals surface area contributed by atoms with Crippen LogP contribution in [0.4, 0.5) is 0 Å². The number of likely N-dealkylation sites (tertiary alicyclic amines) is 2. The lowest BCUT2D eigenvalue weighted by atomic mass is 9.97. The van der Waals surface area contributed by atoms with E-state index < -0.39 is 23.8 Å². The Morgan fingerprint density at radius 2 is 1.41 bits per heavy atom. The van der Waals surface area contributed by atoms with Gasteiger partial charge in [0.1, 0.15) is 19.0 Å². The molecule has 44 heavy (non-hydrogen) atoms. The summed E-state index contributed by atoms with van der Waals surface area (Å²) in [5, 5.41) is 9.03. The van der Waals surface area contributed by atoms with Crippen molar-refractivity contribution in [2.75, 3.05) is 46.0 Å². The molecule has 2 aliphatic heterocycles. The first-order chi connectivity index (χ1) is 21.3. The van der Waals surface area contributed by atoms with Crippen molar-refractivity contribution in [1.82, 2.24) is 14.7 Å². The summed E-state index contributed by atoms with van der Waals surface area (Å²) in [6, 6.07) is 6.72. The molecule has 0 aliphatic carbocycles. The fraction of sp³-hybridized carbons (Fsp3) is 0.588. The molecular formula is C34H49N3O7. The Labute approximate surface area is 261 Å². The van der Waals surface area contributed by atoms with Gasteiger partial charge in [0.25, 0.3) is 0 Å². The molecule has 0 unspecified atom stereocenters. The SMILES string of the molecule is C=CC[C@H](CC(=O)N1CCCC1)C(=O)OC[C@H](C)N(Cc1ccc(OCCO)cc1)C(=O)[C@H](CC=C)CC(=O)N1CCCC1. The van der Waals surface area contributed by atoms with Crippen molar-refractivity contribution in [3.05, 3.63) is 55.1 Å². The summed E-state index contributed by atoms with van der Waals surface area (Å²) >= 11 is 0. The number of hydrogen-bond donors (Lipinski definition) is 1. The molecule has 10 heteroatoms. The first kappa shape index (κ1) is 34.8. The summed E-state index contributed by atoms with van der Waals surface area (Å²) in [4.78, 5) is 58.2. The average molecular weight is 612 g/mol. The van der Waals surface area contributed by atoms with Gasteiger partial charge in [0.2, 0.25) is 17.7 Å². The van der Waals surface area contributed by atoms with Crippen LogP contribution in [0.15, 0.2) is 49.6 Å². The highest BCUT2D eigenvalue weighted by Gasteiger charge is 2.32. The molecule has 10 nitrogen and oxygen atoms in total. The lowest BCUT2D eigenvalue weighted by Gasteiger charge is -2.33. The highest BCUT2D eigenvalue weighted by molar-refractivity contribution is 5.86. The van der Waals surface area contributed by atoms with E-state index in [0.29, 0.717) is 44.8 Å². The van der Waals surface area contributed by atoms with Crippen molar-refractivity contribution in [2.45, 2.75) is 70.9 Å². The van der Waals surface area contributed by atoms with Gasteiger partial charge in [-0.15, -0.1) is 13.2 Å². The first-order valence-electron chi connectivity index (χ1n) is 15.8. The quantitative estimate of drug-likeness (QED) is 0.199. The molecule has 2 heterocycles. The highest BCUT2D eigenvalue weighted by atomic mass is 16.5. The Hall–Kier alpha value is -3.66. The van der Waals surface area contributed by atoms with Crippen LogP contribution in [0.5, 0.6) is 5.75 Å². The molecule has 0 aromatic heterocycles. The van der Waals surface area contributed by atoms with Crippen molar-refractivity contribution < 1.29 is 33.8 Å². The molecule has 3 atom stereocenters. The summed E-state index contributed by atoms with van der Waals surface area (Å²) in [6.07, 6.45) is 7.96. The van der Waals surface area contributed by atoms with E-state index in [4.69, 9.17) is 14.6 Å². The second kappa shape index (κ2) is 18.2. The minimum atomic E-state index is -0.644. The number of rotatable bonds is 18. The van der Waals surface area contributed by atoms with Crippen molar-refractivity contribution in [3.63, 3.8) is 0 Å². The third-order valence-electron chi connectivity index (χ3n) is 8.26. The molecule has 1 N–H and O–H groups in total. The Morgan fingerprint density at radius 3 is 1.93 bits per heavy atom. The molecule has 1 aromatic rings. The van der Waals surface area contributed by atoms with Crippen LogP contribution in [0.25, 0.3) is 0 Å². The largest absolute Gasteiger partial charge is 0.491 e. The van der Waals surface area contributed by atoms with Crippen molar-refractivity contribution in [3.8, 4) is 5.75 Å². The number of hydrogen-bond acceptors (Lipinski definition) is 7. The average Bonchev–Trinajstić information content (AvgIpc) is 3.77. The smallest absolute Gasteiger partial charge is 0.309 e. The lowest BCUT2D eigenvalue weighted by molar-refractivity contribution is -0.155. The van der Waals surface area contributed by atoms with Crippen molar-refractivity contribution in [2.24, 2.45) is 11.8 Å². The first-order valence-corrected chi connectivity index (χ1v) is 15.8. The molecule has 0 bridgehead atoms. The van der Waals surface area contributed by atoms with E-state index >= 15 is 0 Å². The fourth-order valence-corrected chi connectivity index (χ4v) is 5.70. The van der Waals surface area contributed by atoms with Gasteiger partial charge in [-0.05, 0) is 63.1 Å². The Bertz CT molecular complexity index is 1110. The Balaban J connectivity index is 1.74. The summed E-state index contributed by atoms with van der Waals surface area (Å²) in [6.45, 7) is 12.5. The highest BCUT2D eigenvalue weighted by Crippen LogP contribution is 2.23. The van der Waals surface area contributed by atoms with E-state index in [9.17, 15) is 19.2 Å². The summed E-state index contributed by atoms with van der Waals surface area (Å²) < 4.78 is 11.2. The maximum atomic E-state index is 14.1. The number of ether oxygens (including phenoxy) is 2. The van der Waals surface area contributed by atoms with Crippen LogP contribution >= 0.6 is 0 Å². The third-order valence-corrected chi connectivity index (χ3v) is 8.26. The zero-order valence-corrected chi connectivity index (χ0v) is 26.2. The van der Waals surface area contributed by atoms with E-state index in [0.717, 1.165) is 31.2 Å². The third kappa shape index (κ3) is 10.5. The number of allylic oxidation sites excluding steroid dienone is 2. The standard InChI is InChI=1S/C34H49N3O7/c1-4-10-28(22-31(39)35-16-6-7-17-35)33(41)37(24-27-12-14-30(15-13-27)43-21-20-38)26(3)25-44-34(42)29(11-5-2)23-32(40)36-18-8-9-19-36/h4-5,12-15,26,28-29,38H,1-2,6-11,16-25H2,3H3/t26-,28+,29+/m0/s1. The zero-order valence-electron chi connectivity index (χ0n) is 26.2. The number of nitrogens with zero attached hydrogens (tertiary/aromatic N) is 3. The molecule has 0 spiro atoms. The van der Waals surface area contributed by atoms with Crippen LogP contribution in [-0.2, 0) is 30.5 Å². The number of carbonyl (C=O) groups is 4. The minimum Gasteiger partial charge on any atom is -0.491 e. The van der Waals surface area contributed by atoms with Crippen LogP contribution < -0.4 is 4.74 Å². The maximum absolute atomic E-state index is 14.1. The predicted molar refractivity (Wildman–Crippen MR) is 167 cm³/mol. The monoisotopic (exact) mass is 611 g/mol. The molecule has 0 saturated carbocycles. The number of amides is 3. The van der Waals surface area contributed by atoms with Gasteiger partial charge in [-0.3, -0.25) is 19.2 Å². The molecule has 0 radical (unpaired) electrons. The predicted octanol–water partition coefficient (Wildman–Crippen LogP) is 3.73. The van der Waals surface area contributed by atoms with Gasteiger partial charge in [-0.25, -0.2) is 0 Å². The van der Waals surface area contributed by atoms with Gasteiger partial charge in [0.05, 0.1) is 24.5 Å². The van der Waals surface area contributed by atoms with E-state index in [1.165, 1.54) is 0 Å². The lowest BCUT2D eigenvalue weighted by Crippen LogP contribution is -2.45. The van der Waals surface area contributed by atoms with Crippen molar-refractivity contribution >= 4 is 23.7 Å². The summed E-state index contributed by atoms with van der Waals surface area (Å²) in [5.74, 6) is -1.45. The Morgan fingerprint density at radius 1 is 0.886 bits per heavy atom. The van der Waals surface area contributed by atoms with E-state index in [1.807, 2.05) is 24.0 Å². The van der Waals surface area contributed by atoms with Crippen LogP contribution in [-0.4, -0.2) is 95.5 Å². The van der Waals surface area contributed by atoms with Gasteiger partial charge < -0.3 is 29.3 Å². The van der Waals surface area contributed by atoms with Crippen LogP contribution in [0.1, 0.15) is 63.9 Å². The molecule has 2 aliphatic rings. The summed E-state index contributed by atoms with van der Waals surface area (Å²) in [5.41, 5.74) is 0.830. The maximum Gasteiger partial charge on any atom is 0.309 e. The van der Waals surface area contributed by atoms with Gasteiger partial charge in [0.15, 0.2) is 0 Å². The van der Waals surface area contributed by atoms with E-state index in [1.54, 1.807) is 34.1 Å². The Kier molecular flexibility index (Phi) is 14.4. The molecule has 3 rings (SSSR count). The van der Waals surface area contributed by atoms with Gasteiger partial charge in [0, 0.05) is 45.6 Å².